The molecule has 0 radical (unpaired) electrons. The number of hydrogen-bond donors (Lipinski definition) is 0. The maximum atomic E-state index is 11.7. The summed E-state index contributed by atoms with van der Waals surface area (Å²) in [6.07, 6.45) is 0.250. The SMILES string of the molecule is O=C([O-])c1ccccc1-c1c2ccc(=O)cc-2oc2cc([O-])ccc12.O=C=O.[CH3-].[Na+].[Na+].[Na+]. The van der Waals surface area contributed by atoms with Gasteiger partial charge in [0.25, 0.3) is 0 Å². The Hall–Kier alpha value is -1.22. The molecule has 0 bridgehead atoms. The van der Waals surface area contributed by atoms with Crippen LogP contribution in [0.5, 0.6) is 5.75 Å². The van der Waals surface area contributed by atoms with E-state index >= 15 is 0 Å². The van der Waals surface area contributed by atoms with Crippen molar-refractivity contribution in [2.24, 2.45) is 0 Å². The van der Waals surface area contributed by atoms with Crippen LogP contribution in [0.1, 0.15) is 10.4 Å². The number of carbonyl (C=O) groups is 1. The molecule has 32 heavy (non-hydrogen) atoms. The van der Waals surface area contributed by atoms with E-state index in [4.69, 9.17) is 14.0 Å². The predicted octanol–water partition coefficient (Wildman–Crippen LogP) is -7.12. The first-order valence-corrected chi connectivity index (χ1v) is 7.94. The van der Waals surface area contributed by atoms with Crippen LogP contribution in [0, 0.1) is 7.43 Å². The minimum Gasteiger partial charge on any atom is -0.872 e. The van der Waals surface area contributed by atoms with Gasteiger partial charge >= 0.3 is 94.8 Å². The molecule has 0 spiro atoms. The van der Waals surface area contributed by atoms with Gasteiger partial charge < -0.3 is 26.9 Å². The Bertz CT molecular complexity index is 1260. The van der Waals surface area contributed by atoms with E-state index in [0.29, 0.717) is 22.1 Å². The largest absolute Gasteiger partial charge is 1.00 e. The van der Waals surface area contributed by atoms with E-state index < -0.39 is 5.97 Å². The zero-order valence-corrected chi connectivity index (χ0v) is 24.1. The van der Waals surface area contributed by atoms with Crippen LogP contribution in [0.15, 0.2) is 69.9 Å². The number of benzene rings is 3. The van der Waals surface area contributed by atoms with Gasteiger partial charge in [0.15, 0.2) is 5.43 Å². The number of hydrogen-bond acceptors (Lipinski definition) is 7. The third-order valence-corrected chi connectivity index (χ3v) is 4.08. The summed E-state index contributed by atoms with van der Waals surface area (Å²) < 4.78 is 5.71. The Morgan fingerprint density at radius 1 is 0.875 bits per heavy atom. The molecule has 0 N–H and O–H groups in total. The molecule has 146 valence electrons. The Balaban J connectivity index is 0. The zero-order chi connectivity index (χ0) is 20.3. The van der Waals surface area contributed by atoms with E-state index in [9.17, 15) is 19.8 Å². The first kappa shape index (κ1) is 33.0. The molecule has 0 amide bonds. The van der Waals surface area contributed by atoms with Crippen LogP contribution < -0.4 is 104 Å². The Labute approximate surface area is 250 Å². The van der Waals surface area contributed by atoms with Gasteiger partial charge in [-0.25, -0.2) is 0 Å². The summed E-state index contributed by atoms with van der Waals surface area (Å²) in [5.41, 5.74) is 1.66. The van der Waals surface area contributed by atoms with E-state index in [2.05, 4.69) is 0 Å². The van der Waals surface area contributed by atoms with Crippen LogP contribution in [-0.4, -0.2) is 12.1 Å². The van der Waals surface area contributed by atoms with Crippen molar-refractivity contribution < 1.29 is 118 Å². The van der Waals surface area contributed by atoms with Crippen LogP contribution in [0.2, 0.25) is 0 Å². The molecular weight excluding hydrogens is 445 g/mol. The Morgan fingerprint density at radius 2 is 1.50 bits per heavy atom. The molecule has 0 saturated carbocycles. The fourth-order valence-electron chi connectivity index (χ4n) is 3.02. The molecule has 0 fully saturated rings. The molecule has 0 saturated heterocycles. The van der Waals surface area contributed by atoms with Gasteiger partial charge in [-0.1, -0.05) is 36.4 Å². The van der Waals surface area contributed by atoms with Crippen LogP contribution >= 0.6 is 0 Å². The van der Waals surface area contributed by atoms with Crippen LogP contribution in [-0.2, 0) is 9.59 Å². The monoisotopic (exact) mass is 458 g/mol. The summed E-state index contributed by atoms with van der Waals surface area (Å²) in [7, 11) is 0. The molecule has 4 rings (SSSR count). The predicted molar refractivity (Wildman–Crippen MR) is 99.7 cm³/mol. The molecule has 1 aliphatic carbocycles. The maximum Gasteiger partial charge on any atom is 1.00 e. The van der Waals surface area contributed by atoms with E-state index in [1.54, 1.807) is 30.3 Å². The quantitative estimate of drug-likeness (QED) is 0.166. The van der Waals surface area contributed by atoms with Crippen LogP contribution in [0.3, 0.4) is 0 Å². The second kappa shape index (κ2) is 14.8. The zero-order valence-electron chi connectivity index (χ0n) is 18.1. The standard InChI is InChI=1S/C20H12O5.CO2.CH3.3Na/c21-11-5-7-15-17(9-11)25-18-10-12(22)6-8-16(18)19(15)13-3-1-2-4-14(13)20(23)24;2-1-3;;;;/h1-10,21H,(H,23,24);;1H3;;;/q;;-1;3*+1/p-2. The van der Waals surface area contributed by atoms with Gasteiger partial charge in [0.1, 0.15) is 11.3 Å². The normalized spacial score (nSPS) is 8.88. The molecule has 2 aromatic rings. The molecule has 1 aliphatic heterocycles. The van der Waals surface area contributed by atoms with Crippen molar-refractivity contribution in [3.8, 4) is 28.2 Å². The molecule has 7 nitrogen and oxygen atoms in total. The van der Waals surface area contributed by atoms with Gasteiger partial charge in [-0.05, 0) is 23.8 Å². The van der Waals surface area contributed by atoms with Crippen molar-refractivity contribution >= 4 is 23.1 Å². The topological polar surface area (TPSA) is 128 Å². The Morgan fingerprint density at radius 3 is 2.12 bits per heavy atom. The second-order valence-electron chi connectivity index (χ2n) is 5.71. The number of aromatic carboxylic acids is 1. The van der Waals surface area contributed by atoms with Gasteiger partial charge in [-0.3, -0.25) is 4.79 Å². The van der Waals surface area contributed by atoms with Crippen molar-refractivity contribution in [1.82, 2.24) is 0 Å². The summed E-state index contributed by atoms with van der Waals surface area (Å²) in [6.45, 7) is 0. The first-order chi connectivity index (χ1) is 13.5. The minimum atomic E-state index is -1.31. The summed E-state index contributed by atoms with van der Waals surface area (Å²) >= 11 is 0. The third kappa shape index (κ3) is 7.14. The number of carbonyl (C=O) groups excluding carboxylic acids is 3. The molecule has 2 aliphatic rings. The average Bonchev–Trinajstić information content (AvgIpc) is 2.66. The van der Waals surface area contributed by atoms with Gasteiger partial charge in [-0.15, -0.1) is 5.75 Å². The number of carboxylic acid groups (broad SMARTS) is 1. The molecule has 1 heterocycles. The molecule has 0 aromatic heterocycles. The minimum absolute atomic E-state index is 0. The van der Waals surface area contributed by atoms with E-state index in [1.807, 2.05) is 0 Å². The molecule has 10 heteroatoms. The van der Waals surface area contributed by atoms with Crippen molar-refractivity contribution in [2.45, 2.75) is 0 Å². The summed E-state index contributed by atoms with van der Waals surface area (Å²) in [5, 5.41) is 23.8. The molecular formula is C22H13Na3O7. The van der Waals surface area contributed by atoms with Crippen molar-refractivity contribution in [3.05, 3.63) is 83.9 Å². The summed E-state index contributed by atoms with van der Waals surface area (Å²) in [6, 6.07) is 15.0. The smallest absolute Gasteiger partial charge is 0.872 e. The van der Waals surface area contributed by atoms with Crippen molar-refractivity contribution in [3.63, 3.8) is 0 Å². The van der Waals surface area contributed by atoms with Crippen molar-refractivity contribution in [1.29, 1.82) is 0 Å². The van der Waals surface area contributed by atoms with E-state index in [-0.39, 0.29) is 130 Å². The Kier molecular flexibility index (Phi) is 15.3. The average molecular weight is 458 g/mol. The van der Waals surface area contributed by atoms with Gasteiger partial charge in [-0.2, -0.15) is 9.59 Å². The van der Waals surface area contributed by atoms with Gasteiger partial charge in [0, 0.05) is 28.1 Å². The van der Waals surface area contributed by atoms with Crippen molar-refractivity contribution in [2.75, 3.05) is 0 Å². The van der Waals surface area contributed by atoms with Gasteiger partial charge in [0.05, 0.1) is 5.97 Å². The van der Waals surface area contributed by atoms with E-state index in [0.717, 1.165) is 0 Å². The molecule has 0 unspecified atom stereocenters. The van der Waals surface area contributed by atoms with Crippen LogP contribution in [0.4, 0.5) is 0 Å². The second-order valence-corrected chi connectivity index (χ2v) is 5.71. The maximum absolute atomic E-state index is 11.7. The first-order valence-electron chi connectivity index (χ1n) is 7.94. The fourth-order valence-corrected chi connectivity index (χ4v) is 3.02. The molecule has 0 atom stereocenters. The van der Waals surface area contributed by atoms with E-state index in [1.165, 1.54) is 30.3 Å². The van der Waals surface area contributed by atoms with Gasteiger partial charge in [0.2, 0.25) is 0 Å². The summed E-state index contributed by atoms with van der Waals surface area (Å²) in [5.74, 6) is -1.26. The number of fused-ring (bicyclic) bond motifs is 2. The third-order valence-electron chi connectivity index (χ3n) is 4.08. The number of carboxylic acids is 1. The number of rotatable bonds is 2. The van der Waals surface area contributed by atoms with Crippen LogP contribution in [0.25, 0.3) is 33.4 Å². The fraction of sp³-hybridized carbons (Fsp3) is 0. The summed E-state index contributed by atoms with van der Waals surface area (Å²) in [4.78, 5) is 39.5. The molecule has 2 aromatic carbocycles.